The second kappa shape index (κ2) is 10.5. The van der Waals surface area contributed by atoms with Crippen LogP contribution >= 0.6 is 15.9 Å². The molecule has 2 rings (SSSR count). The molecule has 0 saturated heterocycles. The third kappa shape index (κ3) is 6.35. The van der Waals surface area contributed by atoms with Crippen molar-refractivity contribution in [1.82, 2.24) is 4.31 Å². The standard InChI is InChI=1S/C21H22BrNO5S/c1-3-23(4-2)29(26,27)19-12-5-16(6-13-19)7-14-21(25)28-15-20(24)17-8-10-18(22)11-9-17/h5-14H,3-4,15H2,1-2H3. The van der Waals surface area contributed by atoms with Crippen LogP contribution in [-0.4, -0.2) is 44.2 Å². The zero-order valence-corrected chi connectivity index (χ0v) is 18.6. The van der Waals surface area contributed by atoms with Crippen molar-refractivity contribution in [2.75, 3.05) is 19.7 Å². The van der Waals surface area contributed by atoms with Crippen molar-refractivity contribution in [2.24, 2.45) is 0 Å². The van der Waals surface area contributed by atoms with Crippen LogP contribution in [0.5, 0.6) is 0 Å². The Labute approximate surface area is 179 Å². The minimum Gasteiger partial charge on any atom is -0.454 e. The lowest BCUT2D eigenvalue weighted by atomic mass is 10.1. The second-order valence-corrected chi connectivity index (χ2v) is 8.88. The molecule has 0 aromatic heterocycles. The number of esters is 1. The van der Waals surface area contributed by atoms with Gasteiger partial charge in [0.2, 0.25) is 10.0 Å². The average molecular weight is 480 g/mol. The summed E-state index contributed by atoms with van der Waals surface area (Å²) in [6.45, 7) is 4.00. The first kappa shape index (κ1) is 23.0. The lowest BCUT2D eigenvalue weighted by molar-refractivity contribution is -0.136. The van der Waals surface area contributed by atoms with Crippen LogP contribution in [0.2, 0.25) is 0 Å². The van der Waals surface area contributed by atoms with E-state index in [4.69, 9.17) is 4.74 Å². The van der Waals surface area contributed by atoms with Gasteiger partial charge in [-0.25, -0.2) is 13.2 Å². The molecule has 0 aliphatic rings. The number of carbonyl (C=O) groups is 2. The molecule has 0 radical (unpaired) electrons. The summed E-state index contributed by atoms with van der Waals surface area (Å²) in [5.41, 5.74) is 1.09. The summed E-state index contributed by atoms with van der Waals surface area (Å²) in [4.78, 5) is 24.0. The van der Waals surface area contributed by atoms with Crippen LogP contribution in [0, 0.1) is 0 Å². The predicted molar refractivity (Wildman–Crippen MR) is 115 cm³/mol. The number of hydrogen-bond donors (Lipinski definition) is 0. The maximum Gasteiger partial charge on any atom is 0.331 e. The van der Waals surface area contributed by atoms with Crippen LogP contribution < -0.4 is 0 Å². The van der Waals surface area contributed by atoms with Gasteiger partial charge in [0.25, 0.3) is 0 Å². The normalized spacial score (nSPS) is 11.7. The number of carbonyl (C=O) groups excluding carboxylic acids is 2. The zero-order valence-electron chi connectivity index (χ0n) is 16.2. The Balaban J connectivity index is 1.94. The summed E-state index contributed by atoms with van der Waals surface area (Å²) in [7, 11) is -3.52. The number of Topliss-reactive ketones (excluding diaryl/α,β-unsaturated/α-hetero) is 1. The van der Waals surface area contributed by atoms with Crippen molar-refractivity contribution < 1.29 is 22.7 Å². The topological polar surface area (TPSA) is 80.8 Å². The Morgan fingerprint density at radius 2 is 1.59 bits per heavy atom. The number of hydrogen-bond acceptors (Lipinski definition) is 5. The molecule has 0 fully saturated rings. The number of ether oxygens (including phenoxy) is 1. The summed E-state index contributed by atoms with van der Waals surface area (Å²) in [6.07, 6.45) is 2.70. The van der Waals surface area contributed by atoms with E-state index in [1.54, 1.807) is 50.2 Å². The Morgan fingerprint density at radius 3 is 2.14 bits per heavy atom. The third-order valence-electron chi connectivity index (χ3n) is 4.15. The van der Waals surface area contributed by atoms with E-state index >= 15 is 0 Å². The molecule has 0 aliphatic heterocycles. The van der Waals surface area contributed by atoms with Crippen LogP contribution in [0.4, 0.5) is 0 Å². The van der Waals surface area contributed by atoms with Gasteiger partial charge >= 0.3 is 5.97 Å². The molecule has 0 atom stereocenters. The Kier molecular flexibility index (Phi) is 8.31. The molecule has 154 valence electrons. The number of sulfonamides is 1. The van der Waals surface area contributed by atoms with Crippen LogP contribution in [0.25, 0.3) is 6.08 Å². The Hall–Kier alpha value is -2.29. The zero-order chi connectivity index (χ0) is 21.4. The monoisotopic (exact) mass is 479 g/mol. The lowest BCUT2D eigenvalue weighted by Crippen LogP contribution is -2.30. The van der Waals surface area contributed by atoms with E-state index in [0.29, 0.717) is 24.2 Å². The van der Waals surface area contributed by atoms with Gasteiger partial charge in [0.05, 0.1) is 4.90 Å². The molecule has 0 saturated carbocycles. The SMILES string of the molecule is CCN(CC)S(=O)(=O)c1ccc(C=CC(=O)OCC(=O)c2ccc(Br)cc2)cc1. The maximum atomic E-state index is 12.5. The molecule has 0 heterocycles. The van der Waals surface area contributed by atoms with Crippen molar-refractivity contribution in [3.05, 3.63) is 70.2 Å². The van der Waals surface area contributed by atoms with Crippen LogP contribution in [-0.2, 0) is 19.6 Å². The number of ketones is 1. The quantitative estimate of drug-likeness (QED) is 0.309. The number of rotatable bonds is 9. The van der Waals surface area contributed by atoms with Crippen molar-refractivity contribution in [3.63, 3.8) is 0 Å². The minimum atomic E-state index is -3.52. The van der Waals surface area contributed by atoms with E-state index in [1.165, 1.54) is 28.6 Å². The van der Waals surface area contributed by atoms with Crippen molar-refractivity contribution >= 4 is 43.8 Å². The summed E-state index contributed by atoms with van der Waals surface area (Å²) >= 11 is 3.29. The van der Waals surface area contributed by atoms with Gasteiger partial charge < -0.3 is 4.74 Å². The van der Waals surface area contributed by atoms with E-state index in [1.807, 2.05) is 0 Å². The van der Waals surface area contributed by atoms with E-state index < -0.39 is 16.0 Å². The summed E-state index contributed by atoms with van der Waals surface area (Å²) in [6, 6.07) is 13.0. The van der Waals surface area contributed by atoms with E-state index in [0.717, 1.165) is 4.47 Å². The first-order valence-corrected chi connectivity index (χ1v) is 11.2. The van der Waals surface area contributed by atoms with Gasteiger partial charge in [-0.15, -0.1) is 0 Å². The van der Waals surface area contributed by atoms with Crippen molar-refractivity contribution in [3.8, 4) is 0 Å². The lowest BCUT2D eigenvalue weighted by Gasteiger charge is -2.18. The largest absolute Gasteiger partial charge is 0.454 e. The molecule has 6 nitrogen and oxygen atoms in total. The highest BCUT2D eigenvalue weighted by Gasteiger charge is 2.20. The van der Waals surface area contributed by atoms with Gasteiger partial charge in [-0.05, 0) is 35.9 Å². The minimum absolute atomic E-state index is 0.195. The van der Waals surface area contributed by atoms with Gasteiger partial charge in [0.1, 0.15) is 0 Å². The van der Waals surface area contributed by atoms with E-state index in [2.05, 4.69) is 15.9 Å². The molecule has 0 amide bonds. The van der Waals surface area contributed by atoms with Gasteiger partial charge in [-0.3, -0.25) is 4.79 Å². The molecule has 8 heteroatoms. The average Bonchev–Trinajstić information content (AvgIpc) is 2.72. The number of nitrogens with zero attached hydrogens (tertiary/aromatic N) is 1. The first-order chi connectivity index (χ1) is 13.8. The van der Waals surface area contributed by atoms with Crippen molar-refractivity contribution in [1.29, 1.82) is 0 Å². The first-order valence-electron chi connectivity index (χ1n) is 9.01. The van der Waals surface area contributed by atoms with Crippen molar-refractivity contribution in [2.45, 2.75) is 18.7 Å². The fraction of sp³-hybridized carbons (Fsp3) is 0.238. The van der Waals surface area contributed by atoms with Gasteiger partial charge in [-0.2, -0.15) is 4.31 Å². The molecule has 0 unspecified atom stereocenters. The smallest absolute Gasteiger partial charge is 0.331 e. The molecule has 2 aromatic rings. The highest BCUT2D eigenvalue weighted by Crippen LogP contribution is 2.17. The highest BCUT2D eigenvalue weighted by atomic mass is 79.9. The van der Waals surface area contributed by atoms with Crippen LogP contribution in [0.3, 0.4) is 0 Å². The maximum absolute atomic E-state index is 12.5. The number of halogens is 1. The van der Waals surface area contributed by atoms with Gasteiger partial charge in [0.15, 0.2) is 12.4 Å². The predicted octanol–water partition coefficient (Wildman–Crippen LogP) is 3.92. The Morgan fingerprint density at radius 1 is 1.00 bits per heavy atom. The summed E-state index contributed by atoms with van der Waals surface area (Å²) in [5, 5.41) is 0. The highest BCUT2D eigenvalue weighted by molar-refractivity contribution is 9.10. The molecule has 29 heavy (non-hydrogen) atoms. The summed E-state index contributed by atoms with van der Waals surface area (Å²) < 4.78 is 32.1. The molecular weight excluding hydrogens is 458 g/mol. The van der Waals surface area contributed by atoms with Crippen LogP contribution in [0.15, 0.2) is 64.0 Å². The Bertz CT molecular complexity index is 979. The molecule has 0 bridgehead atoms. The molecule has 2 aromatic carbocycles. The number of benzene rings is 2. The second-order valence-electron chi connectivity index (χ2n) is 6.03. The fourth-order valence-electron chi connectivity index (χ4n) is 2.53. The molecule has 0 N–H and O–H groups in total. The molecule has 0 spiro atoms. The van der Waals surface area contributed by atoms with E-state index in [9.17, 15) is 18.0 Å². The van der Waals surface area contributed by atoms with Gasteiger partial charge in [0, 0.05) is 29.2 Å². The van der Waals surface area contributed by atoms with E-state index in [-0.39, 0.29) is 17.3 Å². The van der Waals surface area contributed by atoms with Gasteiger partial charge in [-0.1, -0.05) is 54.0 Å². The summed E-state index contributed by atoms with van der Waals surface area (Å²) in [5.74, 6) is -0.958. The fourth-order valence-corrected chi connectivity index (χ4v) is 4.25. The molecular formula is C21H22BrNO5S. The van der Waals surface area contributed by atoms with Crippen LogP contribution in [0.1, 0.15) is 29.8 Å². The third-order valence-corrected chi connectivity index (χ3v) is 6.74. The molecule has 0 aliphatic carbocycles.